The van der Waals surface area contributed by atoms with Crippen molar-refractivity contribution in [3.8, 4) is 5.88 Å². The molecule has 118 valence electrons. The fourth-order valence-electron chi connectivity index (χ4n) is 2.29. The lowest BCUT2D eigenvalue weighted by atomic mass is 10.1. The van der Waals surface area contributed by atoms with Gasteiger partial charge in [0, 0.05) is 29.8 Å². The van der Waals surface area contributed by atoms with Crippen LogP contribution in [-0.2, 0) is 6.54 Å². The highest BCUT2D eigenvalue weighted by Crippen LogP contribution is 2.20. The lowest BCUT2D eigenvalue weighted by Crippen LogP contribution is -2.17. The number of nitrogens with one attached hydrogen (secondary N) is 1. The van der Waals surface area contributed by atoms with E-state index in [4.69, 9.17) is 16.3 Å². The first kappa shape index (κ1) is 15.7. The minimum Gasteiger partial charge on any atom is -0.478 e. The number of halogens is 1. The maximum atomic E-state index is 6.24. The Bertz CT molecular complexity index is 765. The van der Waals surface area contributed by atoms with E-state index in [-0.39, 0.29) is 0 Å². The maximum Gasteiger partial charge on any atom is 0.213 e. The van der Waals surface area contributed by atoms with Gasteiger partial charge in [0.15, 0.2) is 0 Å². The molecule has 0 aliphatic carbocycles. The highest BCUT2D eigenvalue weighted by atomic mass is 35.5. The topological polar surface area (TPSA) is 47.0 Å². The number of benzene rings is 1. The Balaban J connectivity index is 1.44. The Labute approximate surface area is 140 Å². The van der Waals surface area contributed by atoms with Crippen molar-refractivity contribution in [1.29, 1.82) is 0 Å². The van der Waals surface area contributed by atoms with E-state index in [1.165, 1.54) is 0 Å². The molecule has 0 atom stereocenters. The highest BCUT2D eigenvalue weighted by molar-refractivity contribution is 6.30. The quantitative estimate of drug-likeness (QED) is 0.529. The second-order valence-corrected chi connectivity index (χ2v) is 5.54. The number of hydrogen-bond acceptors (Lipinski definition) is 4. The average molecular weight is 328 g/mol. The van der Waals surface area contributed by atoms with Gasteiger partial charge in [0.2, 0.25) is 5.88 Å². The summed E-state index contributed by atoms with van der Waals surface area (Å²) in [7, 11) is 0. The predicted molar refractivity (Wildman–Crippen MR) is 92.8 cm³/mol. The van der Waals surface area contributed by atoms with Gasteiger partial charge >= 0.3 is 0 Å². The summed E-state index contributed by atoms with van der Waals surface area (Å²) in [6, 6.07) is 15.7. The van der Waals surface area contributed by atoms with Crippen LogP contribution in [0.2, 0.25) is 5.15 Å². The summed E-state index contributed by atoms with van der Waals surface area (Å²) in [5.41, 5.74) is 1.93. The van der Waals surface area contributed by atoms with Crippen LogP contribution in [-0.4, -0.2) is 23.1 Å². The van der Waals surface area contributed by atoms with E-state index < -0.39 is 0 Å². The molecule has 3 aromatic rings. The molecule has 0 saturated carbocycles. The molecule has 0 amide bonds. The van der Waals surface area contributed by atoms with E-state index in [0.29, 0.717) is 24.2 Å². The van der Waals surface area contributed by atoms with Crippen LogP contribution >= 0.6 is 11.6 Å². The van der Waals surface area contributed by atoms with Gasteiger partial charge in [-0.15, -0.1) is 0 Å². The molecule has 5 heteroatoms. The molecule has 0 spiro atoms. The van der Waals surface area contributed by atoms with Crippen LogP contribution < -0.4 is 10.1 Å². The Morgan fingerprint density at radius 3 is 2.83 bits per heavy atom. The van der Waals surface area contributed by atoms with Crippen molar-refractivity contribution in [3.63, 3.8) is 0 Å². The lowest BCUT2D eigenvalue weighted by Gasteiger charge is -2.08. The molecule has 0 saturated heterocycles. The molecule has 4 nitrogen and oxygen atoms in total. The van der Waals surface area contributed by atoms with Crippen molar-refractivity contribution in [2.75, 3.05) is 13.2 Å². The van der Waals surface area contributed by atoms with E-state index in [1.807, 2.05) is 42.5 Å². The van der Waals surface area contributed by atoms with Gasteiger partial charge in [-0.2, -0.15) is 0 Å². The largest absolute Gasteiger partial charge is 0.478 e. The van der Waals surface area contributed by atoms with Crippen molar-refractivity contribution in [2.24, 2.45) is 0 Å². The van der Waals surface area contributed by atoms with Crippen LogP contribution in [0.5, 0.6) is 5.88 Å². The van der Waals surface area contributed by atoms with Gasteiger partial charge < -0.3 is 10.1 Å². The fourth-order valence-corrected chi connectivity index (χ4v) is 2.50. The number of hydrogen-bond donors (Lipinski definition) is 1. The smallest absolute Gasteiger partial charge is 0.213 e. The second kappa shape index (κ2) is 7.90. The number of aromatic nitrogens is 2. The summed E-state index contributed by atoms with van der Waals surface area (Å²) in [5, 5.41) is 5.03. The Morgan fingerprint density at radius 2 is 1.96 bits per heavy atom. The molecule has 23 heavy (non-hydrogen) atoms. The van der Waals surface area contributed by atoms with E-state index in [9.17, 15) is 0 Å². The maximum absolute atomic E-state index is 6.24. The van der Waals surface area contributed by atoms with Gasteiger partial charge in [-0.05, 0) is 31.2 Å². The summed E-state index contributed by atoms with van der Waals surface area (Å²) in [4.78, 5) is 8.54. The second-order valence-electron chi connectivity index (χ2n) is 5.18. The zero-order valence-electron chi connectivity index (χ0n) is 12.7. The fraction of sp³-hybridized carbons (Fsp3) is 0.222. The zero-order valence-corrected chi connectivity index (χ0v) is 13.5. The molecule has 2 aromatic heterocycles. The molecule has 0 aliphatic rings. The number of para-hydroxylation sites is 1. The minimum absolute atomic E-state index is 0.556. The molecule has 0 bridgehead atoms. The molecule has 3 rings (SSSR count). The SMILES string of the molecule is Clc1nc2ccccc2cc1CNCCCOc1ccccn1. The van der Waals surface area contributed by atoms with Crippen LogP contribution in [0.4, 0.5) is 0 Å². The van der Waals surface area contributed by atoms with Gasteiger partial charge in [0.05, 0.1) is 12.1 Å². The third-order valence-corrected chi connectivity index (χ3v) is 3.78. The monoisotopic (exact) mass is 327 g/mol. The Hall–Kier alpha value is -2.17. The minimum atomic E-state index is 0.556. The van der Waals surface area contributed by atoms with Crippen molar-refractivity contribution in [1.82, 2.24) is 15.3 Å². The van der Waals surface area contributed by atoms with Gasteiger partial charge in [-0.1, -0.05) is 35.9 Å². The third kappa shape index (κ3) is 4.41. The van der Waals surface area contributed by atoms with Crippen LogP contribution in [0.1, 0.15) is 12.0 Å². The molecule has 0 aliphatic heterocycles. The molecular weight excluding hydrogens is 310 g/mol. The predicted octanol–water partition coefficient (Wildman–Crippen LogP) is 3.84. The summed E-state index contributed by atoms with van der Waals surface area (Å²) < 4.78 is 5.55. The molecule has 2 heterocycles. The summed E-state index contributed by atoms with van der Waals surface area (Å²) >= 11 is 6.24. The van der Waals surface area contributed by atoms with E-state index >= 15 is 0 Å². The van der Waals surface area contributed by atoms with Crippen molar-refractivity contribution >= 4 is 22.5 Å². The zero-order chi connectivity index (χ0) is 15.9. The number of fused-ring (bicyclic) bond motifs is 1. The van der Waals surface area contributed by atoms with Crippen LogP contribution in [0.25, 0.3) is 10.9 Å². The molecule has 1 aromatic carbocycles. The van der Waals surface area contributed by atoms with Gasteiger partial charge in [0.1, 0.15) is 5.15 Å². The first-order valence-corrected chi connectivity index (χ1v) is 7.99. The first-order valence-electron chi connectivity index (χ1n) is 7.61. The van der Waals surface area contributed by atoms with Crippen molar-refractivity contribution < 1.29 is 4.74 Å². The Morgan fingerprint density at radius 1 is 1.09 bits per heavy atom. The molecule has 1 N–H and O–H groups in total. The summed E-state index contributed by atoms with van der Waals surface area (Å²) in [6.45, 7) is 2.17. The first-order chi connectivity index (χ1) is 11.3. The summed E-state index contributed by atoms with van der Waals surface area (Å²) in [5.74, 6) is 0.661. The lowest BCUT2D eigenvalue weighted by molar-refractivity contribution is 0.296. The molecule has 0 fully saturated rings. The Kier molecular flexibility index (Phi) is 5.40. The van der Waals surface area contributed by atoms with Gasteiger partial charge in [-0.25, -0.2) is 9.97 Å². The van der Waals surface area contributed by atoms with Gasteiger partial charge in [0.25, 0.3) is 0 Å². The highest BCUT2D eigenvalue weighted by Gasteiger charge is 2.04. The molecule has 0 radical (unpaired) electrons. The normalized spacial score (nSPS) is 10.8. The van der Waals surface area contributed by atoms with E-state index in [2.05, 4.69) is 21.4 Å². The number of nitrogens with zero attached hydrogens (tertiary/aromatic N) is 2. The van der Waals surface area contributed by atoms with Gasteiger partial charge in [-0.3, -0.25) is 0 Å². The van der Waals surface area contributed by atoms with E-state index in [0.717, 1.165) is 29.4 Å². The van der Waals surface area contributed by atoms with E-state index in [1.54, 1.807) is 6.20 Å². The number of pyridine rings is 2. The summed E-state index contributed by atoms with van der Waals surface area (Å²) in [6.07, 6.45) is 2.62. The third-order valence-electron chi connectivity index (χ3n) is 3.45. The van der Waals surface area contributed by atoms with Crippen LogP contribution in [0, 0.1) is 0 Å². The number of ether oxygens (including phenoxy) is 1. The standard InChI is InChI=1S/C18H18ClN3O/c19-18-15(12-14-6-1-2-7-16(14)22-18)13-20-9-5-11-23-17-8-3-4-10-21-17/h1-4,6-8,10,12,20H,5,9,11,13H2. The number of rotatable bonds is 7. The van der Waals surface area contributed by atoms with Crippen LogP contribution in [0.15, 0.2) is 54.7 Å². The van der Waals surface area contributed by atoms with Crippen molar-refractivity contribution in [3.05, 3.63) is 65.4 Å². The molecular formula is C18H18ClN3O. The van der Waals surface area contributed by atoms with Crippen molar-refractivity contribution in [2.45, 2.75) is 13.0 Å². The molecule has 0 unspecified atom stereocenters. The van der Waals surface area contributed by atoms with Crippen LogP contribution in [0.3, 0.4) is 0 Å². The average Bonchev–Trinajstić information content (AvgIpc) is 2.59.